The Morgan fingerprint density at radius 1 is 1.17 bits per heavy atom. The Morgan fingerprint density at radius 2 is 1.91 bits per heavy atom. The lowest BCUT2D eigenvalue weighted by Crippen LogP contribution is -2.34. The minimum atomic E-state index is -0.0463. The smallest absolute Gasteiger partial charge is 0.321 e. The van der Waals surface area contributed by atoms with Crippen molar-refractivity contribution in [3.63, 3.8) is 0 Å². The van der Waals surface area contributed by atoms with Gasteiger partial charge in [-0.3, -0.25) is 0 Å². The van der Waals surface area contributed by atoms with Crippen molar-refractivity contribution in [2.24, 2.45) is 0 Å². The molecule has 23 heavy (non-hydrogen) atoms. The van der Waals surface area contributed by atoms with Gasteiger partial charge in [-0.25, -0.2) is 4.79 Å². The van der Waals surface area contributed by atoms with Crippen LogP contribution in [0.15, 0.2) is 48.5 Å². The molecule has 1 N–H and O–H groups in total. The summed E-state index contributed by atoms with van der Waals surface area (Å²) in [4.78, 5) is 14.4. The van der Waals surface area contributed by atoms with Crippen molar-refractivity contribution in [2.75, 3.05) is 12.4 Å². The van der Waals surface area contributed by atoms with Crippen LogP contribution in [0.5, 0.6) is 0 Å². The van der Waals surface area contributed by atoms with Crippen LogP contribution in [0.2, 0.25) is 0 Å². The number of fused-ring (bicyclic) bond motifs is 1. The maximum atomic E-state index is 12.5. The van der Waals surface area contributed by atoms with Crippen LogP contribution in [0, 0.1) is 0 Å². The molecule has 0 spiro atoms. The summed E-state index contributed by atoms with van der Waals surface area (Å²) in [7, 11) is 1.88. The van der Waals surface area contributed by atoms with Crippen LogP contribution < -0.4 is 5.32 Å². The van der Waals surface area contributed by atoms with E-state index >= 15 is 0 Å². The lowest BCUT2D eigenvalue weighted by Gasteiger charge is -2.25. The fourth-order valence-electron chi connectivity index (χ4n) is 3.33. The number of anilines is 1. The van der Waals surface area contributed by atoms with Gasteiger partial charge in [0.25, 0.3) is 0 Å². The van der Waals surface area contributed by atoms with Gasteiger partial charge in [0, 0.05) is 12.7 Å². The van der Waals surface area contributed by atoms with E-state index in [0.29, 0.717) is 0 Å². The van der Waals surface area contributed by atoms with Crippen LogP contribution in [0.3, 0.4) is 0 Å². The summed E-state index contributed by atoms with van der Waals surface area (Å²) in [5, 5.41) is 3.01. The normalized spacial score (nSPS) is 16.0. The topological polar surface area (TPSA) is 32.3 Å². The first-order valence-corrected chi connectivity index (χ1v) is 8.39. The van der Waals surface area contributed by atoms with Gasteiger partial charge in [0.1, 0.15) is 0 Å². The summed E-state index contributed by atoms with van der Waals surface area (Å²) in [5.74, 6) is 0. The van der Waals surface area contributed by atoms with E-state index in [1.807, 2.05) is 24.1 Å². The average molecular weight is 308 g/mol. The van der Waals surface area contributed by atoms with Crippen molar-refractivity contribution in [1.29, 1.82) is 0 Å². The zero-order valence-electron chi connectivity index (χ0n) is 13.9. The van der Waals surface area contributed by atoms with Gasteiger partial charge in [0.2, 0.25) is 0 Å². The number of urea groups is 1. The Morgan fingerprint density at radius 3 is 2.65 bits per heavy atom. The van der Waals surface area contributed by atoms with Gasteiger partial charge in [-0.15, -0.1) is 0 Å². The molecule has 1 aliphatic carbocycles. The zero-order chi connectivity index (χ0) is 16.2. The van der Waals surface area contributed by atoms with E-state index < -0.39 is 0 Å². The number of carbonyl (C=O) groups excluding carboxylic acids is 1. The zero-order valence-corrected chi connectivity index (χ0v) is 13.9. The minimum absolute atomic E-state index is 0.0463. The molecule has 0 aromatic heterocycles. The molecule has 2 aromatic carbocycles. The standard InChI is InChI=1S/C20H24N2O/c1-3-6-15-9-12-17(13-10-15)21-20(23)22(2)19-14-11-16-7-4-5-8-18(16)19/h4-5,7-10,12-13,19H,3,6,11,14H2,1-2H3,(H,21,23). The maximum Gasteiger partial charge on any atom is 0.322 e. The molecule has 0 fully saturated rings. The van der Waals surface area contributed by atoms with E-state index in [0.717, 1.165) is 31.4 Å². The molecular formula is C20H24N2O. The third kappa shape index (κ3) is 3.39. The molecule has 0 saturated carbocycles. The number of carbonyl (C=O) groups is 1. The summed E-state index contributed by atoms with van der Waals surface area (Å²) in [6.45, 7) is 2.17. The van der Waals surface area contributed by atoms with E-state index in [1.165, 1.54) is 16.7 Å². The third-order valence-electron chi connectivity index (χ3n) is 4.63. The van der Waals surface area contributed by atoms with E-state index in [2.05, 4.69) is 48.6 Å². The number of hydrogen-bond donors (Lipinski definition) is 1. The highest BCUT2D eigenvalue weighted by Crippen LogP contribution is 2.35. The van der Waals surface area contributed by atoms with E-state index in [9.17, 15) is 4.79 Å². The molecule has 3 heteroatoms. The molecule has 3 nitrogen and oxygen atoms in total. The molecule has 0 radical (unpaired) electrons. The summed E-state index contributed by atoms with van der Waals surface area (Å²) >= 11 is 0. The lowest BCUT2D eigenvalue weighted by molar-refractivity contribution is 0.204. The quantitative estimate of drug-likeness (QED) is 0.865. The molecule has 1 atom stereocenters. The Hall–Kier alpha value is -2.29. The fourth-order valence-corrected chi connectivity index (χ4v) is 3.33. The number of amides is 2. The Balaban J connectivity index is 1.66. The second kappa shape index (κ2) is 6.86. The fraction of sp³-hybridized carbons (Fsp3) is 0.350. The van der Waals surface area contributed by atoms with E-state index in [4.69, 9.17) is 0 Å². The summed E-state index contributed by atoms with van der Waals surface area (Å²) in [5.41, 5.74) is 4.81. The number of benzene rings is 2. The van der Waals surface area contributed by atoms with Gasteiger partial charge in [-0.05, 0) is 48.1 Å². The summed E-state index contributed by atoms with van der Waals surface area (Å²) in [6, 6.07) is 16.7. The van der Waals surface area contributed by atoms with Crippen LogP contribution >= 0.6 is 0 Å². The van der Waals surface area contributed by atoms with Crippen molar-refractivity contribution < 1.29 is 4.79 Å². The Kier molecular flexibility index (Phi) is 4.65. The molecule has 2 aromatic rings. The van der Waals surface area contributed by atoms with Crippen molar-refractivity contribution in [3.05, 3.63) is 65.2 Å². The molecule has 0 saturated heterocycles. The van der Waals surface area contributed by atoms with Crippen LogP contribution in [0.4, 0.5) is 10.5 Å². The van der Waals surface area contributed by atoms with Crippen LogP contribution in [0.25, 0.3) is 0 Å². The predicted octanol–water partition coefficient (Wildman–Crippen LogP) is 4.79. The number of rotatable bonds is 4. The van der Waals surface area contributed by atoms with Crippen molar-refractivity contribution in [2.45, 2.75) is 38.6 Å². The molecule has 1 unspecified atom stereocenters. The monoisotopic (exact) mass is 308 g/mol. The largest absolute Gasteiger partial charge is 0.322 e. The Labute approximate surface area is 138 Å². The number of aryl methyl sites for hydroxylation is 2. The third-order valence-corrected chi connectivity index (χ3v) is 4.63. The van der Waals surface area contributed by atoms with E-state index in [1.54, 1.807) is 0 Å². The van der Waals surface area contributed by atoms with Gasteiger partial charge in [0.15, 0.2) is 0 Å². The molecule has 0 bridgehead atoms. The lowest BCUT2D eigenvalue weighted by atomic mass is 10.1. The number of hydrogen-bond acceptors (Lipinski definition) is 1. The van der Waals surface area contributed by atoms with Gasteiger partial charge in [0.05, 0.1) is 6.04 Å². The first-order valence-electron chi connectivity index (χ1n) is 8.39. The maximum absolute atomic E-state index is 12.5. The highest BCUT2D eigenvalue weighted by Gasteiger charge is 2.28. The van der Waals surface area contributed by atoms with Crippen LogP contribution in [0.1, 0.15) is 42.5 Å². The van der Waals surface area contributed by atoms with Crippen molar-refractivity contribution in [1.82, 2.24) is 4.90 Å². The highest BCUT2D eigenvalue weighted by atomic mass is 16.2. The predicted molar refractivity (Wildman–Crippen MR) is 94.7 cm³/mol. The first kappa shape index (κ1) is 15.6. The highest BCUT2D eigenvalue weighted by molar-refractivity contribution is 5.89. The van der Waals surface area contributed by atoms with Gasteiger partial charge in [-0.1, -0.05) is 49.7 Å². The van der Waals surface area contributed by atoms with Crippen molar-refractivity contribution in [3.8, 4) is 0 Å². The molecular weight excluding hydrogens is 284 g/mol. The van der Waals surface area contributed by atoms with E-state index in [-0.39, 0.29) is 12.1 Å². The average Bonchev–Trinajstić information content (AvgIpc) is 3.00. The van der Waals surface area contributed by atoms with Gasteiger partial charge < -0.3 is 10.2 Å². The van der Waals surface area contributed by atoms with Gasteiger partial charge in [-0.2, -0.15) is 0 Å². The molecule has 120 valence electrons. The Bertz CT molecular complexity index is 678. The SMILES string of the molecule is CCCc1ccc(NC(=O)N(C)C2CCc3ccccc32)cc1. The summed E-state index contributed by atoms with van der Waals surface area (Å²) < 4.78 is 0. The summed E-state index contributed by atoms with van der Waals surface area (Å²) in [6.07, 6.45) is 4.26. The second-order valence-corrected chi connectivity index (χ2v) is 6.24. The molecule has 2 amide bonds. The molecule has 0 aliphatic heterocycles. The minimum Gasteiger partial charge on any atom is -0.321 e. The molecule has 0 heterocycles. The second-order valence-electron chi connectivity index (χ2n) is 6.24. The van der Waals surface area contributed by atoms with Crippen LogP contribution in [-0.2, 0) is 12.8 Å². The van der Waals surface area contributed by atoms with Crippen molar-refractivity contribution >= 4 is 11.7 Å². The molecule has 3 rings (SSSR count). The molecule has 1 aliphatic rings. The van der Waals surface area contributed by atoms with Gasteiger partial charge >= 0.3 is 6.03 Å². The number of nitrogens with zero attached hydrogens (tertiary/aromatic N) is 1. The first-order chi connectivity index (χ1) is 11.2. The number of nitrogens with one attached hydrogen (secondary N) is 1. The van der Waals surface area contributed by atoms with Crippen LogP contribution in [-0.4, -0.2) is 18.0 Å².